The Morgan fingerprint density at radius 3 is 2.09 bits per heavy atom. The molecule has 0 unspecified atom stereocenters. The molecule has 34 heavy (non-hydrogen) atoms. The van der Waals surface area contributed by atoms with Crippen molar-refractivity contribution in [3.05, 3.63) is 102 Å². The van der Waals surface area contributed by atoms with E-state index >= 15 is 0 Å². The van der Waals surface area contributed by atoms with Crippen LogP contribution in [0.4, 0.5) is 4.39 Å². The maximum Gasteiger partial charge on any atom is 0.261 e. The zero-order chi connectivity index (χ0) is 24.3. The third kappa shape index (κ3) is 7.44. The summed E-state index contributed by atoms with van der Waals surface area (Å²) in [6.07, 6.45) is 1.16. The monoisotopic (exact) mass is 462 g/mol. The average molecular weight is 463 g/mol. The van der Waals surface area contributed by atoms with E-state index in [9.17, 15) is 14.0 Å². The Balaban J connectivity index is 1.88. The number of rotatable bonds is 11. The zero-order valence-electron chi connectivity index (χ0n) is 19.6. The summed E-state index contributed by atoms with van der Waals surface area (Å²) in [7, 11) is 0. The van der Waals surface area contributed by atoms with E-state index in [2.05, 4.69) is 5.32 Å². The lowest BCUT2D eigenvalue weighted by atomic mass is 10.0. The molecule has 0 heterocycles. The van der Waals surface area contributed by atoms with Gasteiger partial charge in [-0.1, -0.05) is 67.6 Å². The normalized spacial score (nSPS) is 12.4. The van der Waals surface area contributed by atoms with Gasteiger partial charge in [0.05, 0.1) is 0 Å². The van der Waals surface area contributed by atoms with E-state index in [1.54, 1.807) is 4.90 Å². The van der Waals surface area contributed by atoms with Gasteiger partial charge in [-0.25, -0.2) is 4.39 Å². The van der Waals surface area contributed by atoms with E-state index < -0.39 is 6.04 Å². The lowest BCUT2D eigenvalue weighted by Crippen LogP contribution is -2.53. The van der Waals surface area contributed by atoms with Crippen LogP contribution in [-0.4, -0.2) is 35.4 Å². The molecule has 0 aliphatic rings. The Morgan fingerprint density at radius 2 is 1.50 bits per heavy atom. The standard InChI is InChI=1S/C28H31FN2O3/c1-3-21(2)30-28(33)26(18-22-10-6-4-7-11-22)31(19-23-12-8-5-9-13-23)27(32)20-34-25-16-14-24(29)15-17-25/h4-17,21,26H,3,18-20H2,1-2H3,(H,30,33)/t21-,26-/m1/s1. The molecule has 0 fully saturated rings. The summed E-state index contributed by atoms with van der Waals surface area (Å²) in [5.74, 6) is -0.523. The maximum atomic E-state index is 13.4. The second-order valence-electron chi connectivity index (χ2n) is 8.27. The summed E-state index contributed by atoms with van der Waals surface area (Å²) >= 11 is 0. The summed E-state index contributed by atoms with van der Waals surface area (Å²) < 4.78 is 18.9. The average Bonchev–Trinajstić information content (AvgIpc) is 2.86. The fraction of sp³-hybridized carbons (Fsp3) is 0.286. The summed E-state index contributed by atoms with van der Waals surface area (Å²) in [6.45, 7) is 3.94. The van der Waals surface area contributed by atoms with Crippen LogP contribution < -0.4 is 10.1 Å². The van der Waals surface area contributed by atoms with Gasteiger partial charge < -0.3 is 15.0 Å². The Bertz CT molecular complexity index is 1040. The second kappa shape index (κ2) is 12.5. The number of benzene rings is 3. The Labute approximate surface area is 200 Å². The van der Waals surface area contributed by atoms with E-state index in [4.69, 9.17) is 4.74 Å². The fourth-order valence-corrected chi connectivity index (χ4v) is 3.53. The van der Waals surface area contributed by atoms with Gasteiger partial charge in [0, 0.05) is 19.0 Å². The van der Waals surface area contributed by atoms with Crippen LogP contribution in [0, 0.1) is 5.82 Å². The van der Waals surface area contributed by atoms with E-state index in [1.807, 2.05) is 74.5 Å². The maximum absolute atomic E-state index is 13.4. The molecule has 0 saturated carbocycles. The quantitative estimate of drug-likeness (QED) is 0.447. The minimum Gasteiger partial charge on any atom is -0.484 e. The van der Waals surface area contributed by atoms with Crippen molar-refractivity contribution in [3.8, 4) is 5.75 Å². The van der Waals surface area contributed by atoms with Crippen molar-refractivity contribution in [2.45, 2.75) is 45.3 Å². The number of carbonyl (C=O) groups is 2. The summed E-state index contributed by atoms with van der Waals surface area (Å²) in [5.41, 5.74) is 1.86. The SMILES string of the molecule is CC[C@@H](C)NC(=O)[C@@H](Cc1ccccc1)N(Cc1ccccc1)C(=O)COc1ccc(F)cc1. The largest absolute Gasteiger partial charge is 0.484 e. The molecule has 5 nitrogen and oxygen atoms in total. The van der Waals surface area contributed by atoms with Crippen LogP contribution in [0.2, 0.25) is 0 Å². The predicted molar refractivity (Wildman–Crippen MR) is 131 cm³/mol. The molecule has 0 spiro atoms. The van der Waals surface area contributed by atoms with E-state index in [0.717, 1.165) is 17.5 Å². The molecule has 3 aromatic carbocycles. The number of hydrogen-bond donors (Lipinski definition) is 1. The molecule has 0 bridgehead atoms. The molecular weight excluding hydrogens is 431 g/mol. The molecule has 0 aromatic heterocycles. The highest BCUT2D eigenvalue weighted by Gasteiger charge is 2.31. The number of hydrogen-bond acceptors (Lipinski definition) is 3. The number of ether oxygens (including phenoxy) is 1. The third-order valence-electron chi connectivity index (χ3n) is 5.64. The van der Waals surface area contributed by atoms with Gasteiger partial charge in [0.15, 0.2) is 6.61 Å². The first kappa shape index (κ1) is 25.0. The van der Waals surface area contributed by atoms with E-state index in [-0.39, 0.29) is 36.8 Å². The Morgan fingerprint density at radius 1 is 0.912 bits per heavy atom. The van der Waals surface area contributed by atoms with Crippen LogP contribution in [-0.2, 0) is 22.6 Å². The van der Waals surface area contributed by atoms with Crippen molar-refractivity contribution >= 4 is 11.8 Å². The molecule has 0 radical (unpaired) electrons. The minimum absolute atomic E-state index is 0.0186. The van der Waals surface area contributed by atoms with Crippen LogP contribution in [0.3, 0.4) is 0 Å². The molecule has 2 amide bonds. The van der Waals surface area contributed by atoms with Gasteiger partial charge in [-0.2, -0.15) is 0 Å². The fourth-order valence-electron chi connectivity index (χ4n) is 3.53. The van der Waals surface area contributed by atoms with Gasteiger partial charge in [-0.3, -0.25) is 9.59 Å². The van der Waals surface area contributed by atoms with Gasteiger partial charge in [0.1, 0.15) is 17.6 Å². The molecule has 6 heteroatoms. The second-order valence-corrected chi connectivity index (χ2v) is 8.27. The smallest absolute Gasteiger partial charge is 0.261 e. The highest BCUT2D eigenvalue weighted by atomic mass is 19.1. The number of halogens is 1. The third-order valence-corrected chi connectivity index (χ3v) is 5.64. The molecular formula is C28H31FN2O3. The van der Waals surface area contributed by atoms with Gasteiger partial charge in [-0.05, 0) is 48.7 Å². The van der Waals surface area contributed by atoms with Crippen LogP contribution >= 0.6 is 0 Å². The van der Waals surface area contributed by atoms with Crippen LogP contribution in [0.1, 0.15) is 31.4 Å². The van der Waals surface area contributed by atoms with E-state index in [1.165, 1.54) is 24.3 Å². The Kier molecular flexibility index (Phi) is 9.21. The van der Waals surface area contributed by atoms with Crippen LogP contribution in [0.15, 0.2) is 84.9 Å². The van der Waals surface area contributed by atoms with Gasteiger partial charge in [0.2, 0.25) is 5.91 Å². The highest BCUT2D eigenvalue weighted by Crippen LogP contribution is 2.17. The first-order valence-corrected chi connectivity index (χ1v) is 11.5. The molecule has 2 atom stereocenters. The van der Waals surface area contributed by atoms with Crippen molar-refractivity contribution in [2.75, 3.05) is 6.61 Å². The summed E-state index contributed by atoms with van der Waals surface area (Å²) in [5, 5.41) is 3.04. The molecule has 3 aromatic rings. The summed E-state index contributed by atoms with van der Waals surface area (Å²) in [4.78, 5) is 28.4. The molecule has 0 aliphatic carbocycles. The number of amides is 2. The molecule has 1 N–H and O–H groups in total. The van der Waals surface area contributed by atoms with Crippen molar-refractivity contribution in [3.63, 3.8) is 0 Å². The number of nitrogens with zero attached hydrogens (tertiary/aromatic N) is 1. The number of nitrogens with one attached hydrogen (secondary N) is 1. The lowest BCUT2D eigenvalue weighted by Gasteiger charge is -2.32. The van der Waals surface area contributed by atoms with Crippen LogP contribution in [0.25, 0.3) is 0 Å². The predicted octanol–water partition coefficient (Wildman–Crippen LogP) is 4.76. The van der Waals surface area contributed by atoms with Crippen molar-refractivity contribution in [1.29, 1.82) is 0 Å². The lowest BCUT2D eigenvalue weighted by molar-refractivity contribution is -0.143. The van der Waals surface area contributed by atoms with Crippen LogP contribution in [0.5, 0.6) is 5.75 Å². The van der Waals surface area contributed by atoms with Crippen molar-refractivity contribution in [1.82, 2.24) is 10.2 Å². The van der Waals surface area contributed by atoms with Gasteiger partial charge in [-0.15, -0.1) is 0 Å². The number of carbonyl (C=O) groups excluding carboxylic acids is 2. The first-order chi connectivity index (χ1) is 16.5. The molecule has 0 saturated heterocycles. The van der Waals surface area contributed by atoms with E-state index in [0.29, 0.717) is 12.2 Å². The van der Waals surface area contributed by atoms with Crippen molar-refractivity contribution < 1.29 is 18.7 Å². The molecule has 3 rings (SSSR count). The minimum atomic E-state index is -0.721. The highest BCUT2D eigenvalue weighted by molar-refractivity contribution is 5.88. The zero-order valence-corrected chi connectivity index (χ0v) is 19.6. The van der Waals surface area contributed by atoms with Gasteiger partial charge in [0.25, 0.3) is 5.91 Å². The topological polar surface area (TPSA) is 58.6 Å². The van der Waals surface area contributed by atoms with Gasteiger partial charge >= 0.3 is 0 Å². The molecule has 178 valence electrons. The molecule has 0 aliphatic heterocycles. The Hall–Kier alpha value is -3.67. The first-order valence-electron chi connectivity index (χ1n) is 11.5. The van der Waals surface area contributed by atoms with Crippen molar-refractivity contribution in [2.24, 2.45) is 0 Å². The summed E-state index contributed by atoms with van der Waals surface area (Å²) in [6, 6.07) is 24.0.